The van der Waals surface area contributed by atoms with E-state index in [1.807, 2.05) is 14.1 Å². The molecule has 0 radical (unpaired) electrons. The van der Waals surface area contributed by atoms with Crippen molar-refractivity contribution in [3.05, 3.63) is 0 Å². The summed E-state index contributed by atoms with van der Waals surface area (Å²) in [6, 6.07) is 0. The molecule has 0 saturated heterocycles. The average Bonchev–Trinajstić information content (AvgIpc) is 2.63. The lowest BCUT2D eigenvalue weighted by atomic mass is 10.7. The standard InChI is InChI=1S/3C4H9NO.2C4H11N.C2H7N.CH4/c3*1-4(6)5(2)3;2*1-4-5(2)3;1-3-2;/h3*1-3H3;2*4H2,1-3H3;3H,1-2H3;1H4. The highest BCUT2D eigenvalue weighted by Crippen LogP contribution is 1.71. The van der Waals surface area contributed by atoms with Gasteiger partial charge in [0.2, 0.25) is 17.7 Å². The van der Waals surface area contributed by atoms with Crippen LogP contribution in [0.25, 0.3) is 0 Å². The van der Waals surface area contributed by atoms with E-state index in [0.29, 0.717) is 0 Å². The molecule has 3 amide bonds. The highest BCUT2D eigenvalue weighted by molar-refractivity contribution is 5.72. The Hall–Kier alpha value is -1.71. The van der Waals surface area contributed by atoms with Crippen molar-refractivity contribution >= 4 is 17.7 Å². The van der Waals surface area contributed by atoms with Crippen LogP contribution in [-0.2, 0) is 14.4 Å². The first-order valence-electron chi connectivity index (χ1n) is 10.3. The van der Waals surface area contributed by atoms with Crippen LogP contribution in [0, 0.1) is 0 Å². The van der Waals surface area contributed by atoms with Crippen molar-refractivity contribution in [2.24, 2.45) is 0 Å². The first kappa shape index (κ1) is 47.9. The second kappa shape index (κ2) is 36.7. The van der Waals surface area contributed by atoms with Gasteiger partial charge >= 0.3 is 0 Å². The predicted octanol–water partition coefficient (Wildman–Crippen LogP) is 1.89. The number of carbonyl (C=O) groups excluding carboxylic acids is 3. The van der Waals surface area contributed by atoms with E-state index in [0.717, 1.165) is 13.1 Å². The molecule has 0 aromatic carbocycles. The molecular weight excluding hydrogens is 408 g/mol. The van der Waals surface area contributed by atoms with Gasteiger partial charge in [-0.1, -0.05) is 21.3 Å². The molecule has 0 spiro atoms. The van der Waals surface area contributed by atoms with E-state index >= 15 is 0 Å². The molecule has 32 heavy (non-hydrogen) atoms. The summed E-state index contributed by atoms with van der Waals surface area (Å²) >= 11 is 0. The summed E-state index contributed by atoms with van der Waals surface area (Å²) in [6.07, 6.45) is 0. The van der Waals surface area contributed by atoms with Gasteiger partial charge in [0.15, 0.2) is 0 Å². The van der Waals surface area contributed by atoms with E-state index in [4.69, 9.17) is 0 Å². The number of rotatable bonds is 2. The third kappa shape index (κ3) is 103. The van der Waals surface area contributed by atoms with Gasteiger partial charge in [0.25, 0.3) is 0 Å². The molecule has 0 fully saturated rings. The second-order valence-electron chi connectivity index (χ2n) is 7.53. The Morgan fingerprint density at radius 1 is 0.531 bits per heavy atom. The van der Waals surface area contributed by atoms with E-state index in [9.17, 15) is 14.4 Å². The zero-order valence-corrected chi connectivity index (χ0v) is 23.9. The van der Waals surface area contributed by atoms with Gasteiger partial charge in [-0.2, -0.15) is 0 Å². The molecule has 200 valence electrons. The zero-order valence-electron chi connectivity index (χ0n) is 23.9. The van der Waals surface area contributed by atoms with Crippen LogP contribution in [0.2, 0.25) is 0 Å². The van der Waals surface area contributed by atoms with Crippen LogP contribution in [0.4, 0.5) is 0 Å². The van der Waals surface area contributed by atoms with Crippen LogP contribution in [0.5, 0.6) is 0 Å². The molecule has 0 saturated carbocycles. The van der Waals surface area contributed by atoms with E-state index < -0.39 is 0 Å². The fourth-order valence-corrected chi connectivity index (χ4v) is 0. The zero-order chi connectivity index (χ0) is 26.7. The van der Waals surface area contributed by atoms with Gasteiger partial charge in [-0.15, -0.1) is 0 Å². The Labute approximate surface area is 202 Å². The molecule has 1 N–H and O–H groups in total. The van der Waals surface area contributed by atoms with E-state index in [-0.39, 0.29) is 25.1 Å². The van der Waals surface area contributed by atoms with Crippen molar-refractivity contribution in [1.82, 2.24) is 29.8 Å². The summed E-state index contributed by atoms with van der Waals surface area (Å²) in [5, 5.41) is 2.75. The lowest BCUT2D eigenvalue weighted by Gasteiger charge is -2.02. The molecule has 0 aliphatic carbocycles. The van der Waals surface area contributed by atoms with E-state index in [2.05, 4.69) is 57.2 Å². The van der Waals surface area contributed by atoms with Crippen LogP contribution in [-0.4, -0.2) is 140 Å². The molecular formula is C23H60N6O3. The third-order valence-corrected chi connectivity index (χ3v) is 3.15. The molecule has 0 unspecified atom stereocenters. The van der Waals surface area contributed by atoms with Gasteiger partial charge in [0.05, 0.1) is 0 Å². The number of amides is 3. The molecule has 0 rings (SSSR count). The molecule has 0 bridgehead atoms. The first-order chi connectivity index (χ1) is 13.9. The maximum Gasteiger partial charge on any atom is 0.218 e. The van der Waals surface area contributed by atoms with Crippen LogP contribution in [0.3, 0.4) is 0 Å². The third-order valence-electron chi connectivity index (χ3n) is 3.15. The van der Waals surface area contributed by atoms with Crippen molar-refractivity contribution in [2.45, 2.75) is 42.0 Å². The Morgan fingerprint density at radius 2 is 0.594 bits per heavy atom. The van der Waals surface area contributed by atoms with E-state index in [1.165, 1.54) is 35.5 Å². The van der Waals surface area contributed by atoms with Crippen LogP contribution in [0.15, 0.2) is 0 Å². The monoisotopic (exact) mass is 468 g/mol. The van der Waals surface area contributed by atoms with E-state index in [1.54, 1.807) is 42.3 Å². The SMILES string of the molecule is C.CC(=O)N(C)C.CC(=O)N(C)C.CC(=O)N(C)C.CCN(C)C.CCN(C)C.CNC. The summed E-state index contributed by atoms with van der Waals surface area (Å²) in [5.74, 6) is 0.278. The van der Waals surface area contributed by atoms with Crippen molar-refractivity contribution in [3.63, 3.8) is 0 Å². The van der Waals surface area contributed by atoms with Crippen LogP contribution >= 0.6 is 0 Å². The Balaban J connectivity index is -0.0000000471. The van der Waals surface area contributed by atoms with Crippen molar-refractivity contribution < 1.29 is 14.4 Å². The summed E-state index contributed by atoms with van der Waals surface area (Å²) in [7, 11) is 22.3. The lowest BCUT2D eigenvalue weighted by Crippen LogP contribution is -2.17. The smallest absolute Gasteiger partial charge is 0.218 e. The van der Waals surface area contributed by atoms with Crippen LogP contribution in [0.1, 0.15) is 42.0 Å². The highest BCUT2D eigenvalue weighted by atomic mass is 16.2. The van der Waals surface area contributed by atoms with Gasteiger partial charge in [0, 0.05) is 63.1 Å². The van der Waals surface area contributed by atoms with Crippen LogP contribution < -0.4 is 5.32 Å². The highest BCUT2D eigenvalue weighted by Gasteiger charge is 1.88. The normalized spacial score (nSPS) is 7.97. The van der Waals surface area contributed by atoms with Gasteiger partial charge in [-0.05, 0) is 55.4 Å². The fourth-order valence-electron chi connectivity index (χ4n) is 0. The first-order valence-corrected chi connectivity index (χ1v) is 10.3. The molecule has 0 atom stereocenters. The minimum Gasteiger partial charge on any atom is -0.349 e. The maximum absolute atomic E-state index is 10.1. The molecule has 0 aliphatic rings. The predicted molar refractivity (Wildman–Crippen MR) is 143 cm³/mol. The summed E-state index contributed by atoms with van der Waals surface area (Å²) < 4.78 is 0. The quantitative estimate of drug-likeness (QED) is 0.667. The molecule has 0 aliphatic heterocycles. The molecule has 9 nitrogen and oxygen atoms in total. The number of hydrogen-bond donors (Lipinski definition) is 1. The molecule has 0 aromatic rings. The van der Waals surface area contributed by atoms with Crippen molar-refractivity contribution in [3.8, 4) is 0 Å². The number of hydrogen-bond acceptors (Lipinski definition) is 6. The minimum absolute atomic E-state index is 0. The van der Waals surface area contributed by atoms with Gasteiger partial charge in [-0.3, -0.25) is 14.4 Å². The van der Waals surface area contributed by atoms with Crippen molar-refractivity contribution in [2.75, 3.05) is 97.7 Å². The topological polar surface area (TPSA) is 79.4 Å². The number of nitrogens with one attached hydrogen (secondary N) is 1. The maximum atomic E-state index is 10.1. The number of nitrogens with zero attached hydrogens (tertiary/aromatic N) is 5. The Bertz CT molecular complexity index is 335. The lowest BCUT2D eigenvalue weighted by molar-refractivity contribution is -0.127. The van der Waals surface area contributed by atoms with Gasteiger partial charge in [0.1, 0.15) is 0 Å². The summed E-state index contributed by atoms with van der Waals surface area (Å²) in [5.41, 5.74) is 0. The van der Waals surface area contributed by atoms with Crippen molar-refractivity contribution in [1.29, 1.82) is 0 Å². The molecule has 0 aromatic heterocycles. The number of carbonyl (C=O) groups is 3. The van der Waals surface area contributed by atoms with Gasteiger partial charge in [-0.25, -0.2) is 0 Å². The molecule has 9 heteroatoms. The Morgan fingerprint density at radius 3 is 0.594 bits per heavy atom. The Kier molecular flexibility index (Phi) is 54.9. The largest absolute Gasteiger partial charge is 0.349 e. The molecule has 0 heterocycles. The second-order valence-corrected chi connectivity index (χ2v) is 7.53. The van der Waals surface area contributed by atoms with Gasteiger partial charge < -0.3 is 29.8 Å². The fraction of sp³-hybridized carbons (Fsp3) is 0.870. The minimum atomic E-state index is 0. The summed E-state index contributed by atoms with van der Waals surface area (Å²) in [4.78, 5) is 39.0. The summed E-state index contributed by atoms with van der Waals surface area (Å²) in [6.45, 7) is 11.1. The average molecular weight is 469 g/mol.